The van der Waals surface area contributed by atoms with Crippen LogP contribution in [-0.2, 0) is 19.3 Å². The molecule has 1 aliphatic carbocycles. The van der Waals surface area contributed by atoms with Gasteiger partial charge in [0.25, 0.3) is 0 Å². The van der Waals surface area contributed by atoms with E-state index in [0.717, 1.165) is 29.1 Å². The van der Waals surface area contributed by atoms with Gasteiger partial charge in [0.15, 0.2) is 5.65 Å². The first-order chi connectivity index (χ1) is 11.4. The highest BCUT2D eigenvalue weighted by molar-refractivity contribution is 7.19. The second-order valence-electron chi connectivity index (χ2n) is 6.11. The Morgan fingerprint density at radius 2 is 1.96 bits per heavy atom. The smallest absolute Gasteiger partial charge is 0.172 e. The zero-order valence-corrected chi connectivity index (χ0v) is 13.5. The lowest BCUT2D eigenvalue weighted by atomic mass is 9.97. The molecule has 0 N–H and O–H groups in total. The number of fused-ring (bicyclic) bond motifs is 5. The Kier molecular flexibility index (Phi) is 2.94. The molecular formula is C18H16N4S. The lowest BCUT2D eigenvalue weighted by molar-refractivity contribution is 0.700. The predicted molar refractivity (Wildman–Crippen MR) is 92.1 cm³/mol. The number of nitrogens with zero attached hydrogens (tertiary/aromatic N) is 4. The van der Waals surface area contributed by atoms with Crippen molar-refractivity contribution in [3.63, 3.8) is 0 Å². The fraction of sp³-hybridized carbons (Fsp3) is 0.278. The second kappa shape index (κ2) is 5.13. The second-order valence-corrected chi connectivity index (χ2v) is 7.19. The highest BCUT2D eigenvalue weighted by Gasteiger charge is 2.21. The fourth-order valence-electron chi connectivity index (χ4n) is 3.53. The molecular weight excluding hydrogens is 304 g/mol. The lowest BCUT2D eigenvalue weighted by Gasteiger charge is -2.10. The lowest BCUT2D eigenvalue weighted by Crippen LogP contribution is -2.03. The van der Waals surface area contributed by atoms with Gasteiger partial charge >= 0.3 is 0 Å². The van der Waals surface area contributed by atoms with E-state index in [1.807, 2.05) is 17.4 Å². The van der Waals surface area contributed by atoms with Gasteiger partial charge in [-0.1, -0.05) is 30.3 Å². The number of hydrogen-bond acceptors (Lipinski definition) is 4. The van der Waals surface area contributed by atoms with Crippen molar-refractivity contribution in [1.29, 1.82) is 0 Å². The van der Waals surface area contributed by atoms with Crippen molar-refractivity contribution in [2.45, 2.75) is 32.1 Å². The summed E-state index contributed by atoms with van der Waals surface area (Å²) in [6.45, 7) is 0. The predicted octanol–water partition coefficient (Wildman–Crippen LogP) is 3.81. The topological polar surface area (TPSA) is 43.1 Å². The molecule has 1 aliphatic rings. The molecule has 0 unspecified atom stereocenters. The monoisotopic (exact) mass is 320 g/mol. The third-order valence-electron chi connectivity index (χ3n) is 4.64. The molecule has 0 spiro atoms. The third kappa shape index (κ3) is 2.07. The zero-order chi connectivity index (χ0) is 15.2. The van der Waals surface area contributed by atoms with Crippen molar-refractivity contribution in [3.05, 3.63) is 58.5 Å². The van der Waals surface area contributed by atoms with Gasteiger partial charge < -0.3 is 0 Å². The van der Waals surface area contributed by atoms with Crippen molar-refractivity contribution < 1.29 is 0 Å². The molecule has 0 fully saturated rings. The molecule has 0 bridgehead atoms. The average Bonchev–Trinajstić information content (AvgIpc) is 3.19. The van der Waals surface area contributed by atoms with Crippen LogP contribution in [0.15, 0.2) is 36.7 Å². The first-order valence-electron chi connectivity index (χ1n) is 8.07. The maximum absolute atomic E-state index is 4.98. The summed E-state index contributed by atoms with van der Waals surface area (Å²) >= 11 is 1.85. The van der Waals surface area contributed by atoms with Crippen molar-refractivity contribution in [3.8, 4) is 0 Å². The number of aromatic nitrogens is 4. The van der Waals surface area contributed by atoms with Crippen LogP contribution in [0.4, 0.5) is 0 Å². The maximum Gasteiger partial charge on any atom is 0.172 e. The van der Waals surface area contributed by atoms with E-state index in [0.29, 0.717) is 0 Å². The van der Waals surface area contributed by atoms with Crippen LogP contribution in [0.3, 0.4) is 0 Å². The van der Waals surface area contributed by atoms with Crippen LogP contribution in [0, 0.1) is 0 Å². The van der Waals surface area contributed by atoms with Crippen LogP contribution in [0.25, 0.3) is 15.9 Å². The summed E-state index contributed by atoms with van der Waals surface area (Å²) in [5, 5.41) is 9.80. The summed E-state index contributed by atoms with van der Waals surface area (Å²) in [7, 11) is 0. The SMILES string of the molecule is c1ccc(Cc2nc3sc4c(c3c3nncn23)CCCC4)cc1. The van der Waals surface area contributed by atoms with Crippen LogP contribution in [0.5, 0.6) is 0 Å². The van der Waals surface area contributed by atoms with Gasteiger partial charge in [0, 0.05) is 11.3 Å². The molecule has 0 saturated carbocycles. The molecule has 5 heteroatoms. The van der Waals surface area contributed by atoms with Gasteiger partial charge in [-0.25, -0.2) is 4.98 Å². The van der Waals surface area contributed by atoms with Gasteiger partial charge in [0.05, 0.1) is 5.39 Å². The van der Waals surface area contributed by atoms with E-state index in [4.69, 9.17) is 4.98 Å². The normalized spacial score (nSPS) is 14.4. The molecule has 0 aliphatic heterocycles. The maximum atomic E-state index is 4.98. The zero-order valence-electron chi connectivity index (χ0n) is 12.7. The van der Waals surface area contributed by atoms with E-state index < -0.39 is 0 Å². The van der Waals surface area contributed by atoms with Crippen LogP contribution >= 0.6 is 11.3 Å². The molecule has 0 atom stereocenters. The molecule has 3 aromatic heterocycles. The number of rotatable bonds is 2. The standard InChI is InChI=1S/C18H16N4S/c1-2-6-12(7-3-1)10-15-20-18-16(17-21-19-11-22(15)17)13-8-4-5-9-14(13)23-18/h1-3,6-7,11H,4-5,8-10H2. The molecule has 0 amide bonds. The van der Waals surface area contributed by atoms with Crippen LogP contribution in [0.2, 0.25) is 0 Å². The average molecular weight is 320 g/mol. The molecule has 0 saturated heterocycles. The quantitative estimate of drug-likeness (QED) is 0.564. The van der Waals surface area contributed by atoms with E-state index in [1.165, 1.54) is 40.7 Å². The van der Waals surface area contributed by atoms with Gasteiger partial charge in [-0.3, -0.25) is 4.40 Å². The van der Waals surface area contributed by atoms with E-state index in [-0.39, 0.29) is 0 Å². The van der Waals surface area contributed by atoms with Gasteiger partial charge in [-0.2, -0.15) is 0 Å². The van der Waals surface area contributed by atoms with Crippen molar-refractivity contribution in [1.82, 2.24) is 19.6 Å². The van der Waals surface area contributed by atoms with Gasteiger partial charge in [0.2, 0.25) is 0 Å². The molecule has 3 heterocycles. The van der Waals surface area contributed by atoms with Gasteiger partial charge in [0.1, 0.15) is 17.0 Å². The van der Waals surface area contributed by atoms with Crippen LogP contribution in [-0.4, -0.2) is 19.6 Å². The molecule has 23 heavy (non-hydrogen) atoms. The van der Waals surface area contributed by atoms with E-state index >= 15 is 0 Å². The number of aryl methyl sites for hydroxylation is 2. The molecule has 114 valence electrons. The molecule has 4 aromatic rings. The summed E-state index contributed by atoms with van der Waals surface area (Å²) in [6.07, 6.45) is 7.49. The Balaban J connectivity index is 1.75. The summed E-state index contributed by atoms with van der Waals surface area (Å²) in [4.78, 5) is 7.61. The molecule has 5 rings (SSSR count). The van der Waals surface area contributed by atoms with Crippen LogP contribution in [0.1, 0.15) is 34.7 Å². The first-order valence-corrected chi connectivity index (χ1v) is 8.88. The third-order valence-corrected chi connectivity index (χ3v) is 5.82. The van der Waals surface area contributed by atoms with Crippen LogP contribution < -0.4 is 0 Å². The number of benzene rings is 1. The van der Waals surface area contributed by atoms with E-state index in [1.54, 1.807) is 6.33 Å². The highest BCUT2D eigenvalue weighted by Crippen LogP contribution is 2.37. The Bertz CT molecular complexity index is 1000. The summed E-state index contributed by atoms with van der Waals surface area (Å²) in [6, 6.07) is 10.5. The largest absolute Gasteiger partial charge is 0.268 e. The van der Waals surface area contributed by atoms with Gasteiger partial charge in [-0.15, -0.1) is 21.5 Å². The van der Waals surface area contributed by atoms with Crippen molar-refractivity contribution in [2.24, 2.45) is 0 Å². The van der Waals surface area contributed by atoms with Gasteiger partial charge in [-0.05, 0) is 36.8 Å². The number of hydrogen-bond donors (Lipinski definition) is 0. The number of thiophene rings is 1. The minimum Gasteiger partial charge on any atom is -0.268 e. The Morgan fingerprint density at radius 1 is 1.09 bits per heavy atom. The van der Waals surface area contributed by atoms with Crippen molar-refractivity contribution in [2.75, 3.05) is 0 Å². The molecule has 4 nitrogen and oxygen atoms in total. The summed E-state index contributed by atoms with van der Waals surface area (Å²) in [5.74, 6) is 1.02. The fourth-order valence-corrected chi connectivity index (χ4v) is 4.80. The van der Waals surface area contributed by atoms with E-state index in [2.05, 4.69) is 38.9 Å². The Labute approximate surface area is 137 Å². The van der Waals surface area contributed by atoms with E-state index in [9.17, 15) is 0 Å². The Morgan fingerprint density at radius 3 is 2.87 bits per heavy atom. The Hall–Kier alpha value is -2.27. The highest BCUT2D eigenvalue weighted by atomic mass is 32.1. The summed E-state index contributed by atoms with van der Waals surface area (Å²) in [5.41, 5.74) is 3.70. The molecule has 1 aromatic carbocycles. The van der Waals surface area contributed by atoms with Crippen molar-refractivity contribution >= 4 is 27.2 Å². The molecule has 0 radical (unpaired) electrons. The first kappa shape index (κ1) is 13.2. The summed E-state index contributed by atoms with van der Waals surface area (Å²) < 4.78 is 2.07. The minimum atomic E-state index is 0.799. The minimum absolute atomic E-state index is 0.799.